The normalized spacial score (nSPS) is 11.4. The molecule has 0 heterocycles. The molecule has 0 aliphatic heterocycles. The van der Waals surface area contributed by atoms with Crippen molar-refractivity contribution in [3.63, 3.8) is 0 Å². The van der Waals surface area contributed by atoms with Crippen LogP contribution < -0.4 is 22.1 Å². The molecule has 0 unspecified atom stereocenters. The first kappa shape index (κ1) is 18.2. The largest absolute Gasteiger partial charge is 0.351 e. The van der Waals surface area contributed by atoms with Gasteiger partial charge < -0.3 is 22.1 Å². The van der Waals surface area contributed by atoms with Crippen LogP contribution in [0.3, 0.4) is 0 Å². The number of nitrogens with two attached hydrogens (primary N) is 2. The van der Waals surface area contributed by atoms with E-state index in [0.29, 0.717) is 23.7 Å². The number of hydrogen-bond donors (Lipinski definition) is 4. The highest BCUT2D eigenvalue weighted by Crippen LogP contribution is 2.14. The third-order valence-electron chi connectivity index (χ3n) is 2.48. The third kappa shape index (κ3) is 6.40. The fraction of sp³-hybridized carbons (Fsp3) is 0.385. The number of nitrogens with one attached hydrogen (secondary N) is 2. The van der Waals surface area contributed by atoms with Crippen molar-refractivity contribution in [2.24, 2.45) is 17.4 Å². The van der Waals surface area contributed by atoms with E-state index in [0.717, 1.165) is 0 Å². The van der Waals surface area contributed by atoms with Crippen molar-refractivity contribution in [1.82, 2.24) is 0 Å². The number of hydrogen-bond acceptors (Lipinski definition) is 3. The lowest BCUT2D eigenvalue weighted by Gasteiger charge is -2.14. The number of primary amides is 1. The summed E-state index contributed by atoms with van der Waals surface area (Å²) in [7, 11) is 0. The molecule has 6 N–H and O–H groups in total. The zero-order valence-corrected chi connectivity index (χ0v) is 12.4. The lowest BCUT2D eigenvalue weighted by atomic mass is 10.0. The van der Waals surface area contributed by atoms with Crippen molar-refractivity contribution in [3.05, 3.63) is 24.3 Å². The second kappa shape index (κ2) is 8.39. The zero-order chi connectivity index (χ0) is 14.4. The smallest absolute Gasteiger partial charge is 0.316 e. The van der Waals surface area contributed by atoms with Crippen LogP contribution in [0, 0.1) is 5.92 Å². The summed E-state index contributed by atoms with van der Waals surface area (Å²) in [5, 5.41) is 5.16. The molecule has 1 aromatic carbocycles. The topological polar surface area (TPSA) is 110 Å². The molecule has 0 radical (unpaired) electrons. The first-order valence-corrected chi connectivity index (χ1v) is 6.11. The molecule has 0 aliphatic carbocycles. The Bertz CT molecular complexity index is 448. The molecule has 7 heteroatoms. The Hall–Kier alpha value is -1.79. The fourth-order valence-electron chi connectivity index (χ4n) is 1.63. The minimum Gasteiger partial charge on any atom is -0.351 e. The van der Waals surface area contributed by atoms with E-state index in [4.69, 9.17) is 11.5 Å². The van der Waals surface area contributed by atoms with Crippen LogP contribution in [-0.4, -0.2) is 18.0 Å². The Morgan fingerprint density at radius 2 is 1.55 bits per heavy atom. The van der Waals surface area contributed by atoms with E-state index >= 15 is 0 Å². The predicted molar refractivity (Wildman–Crippen MR) is 83.0 cm³/mol. The molecule has 1 atom stereocenters. The van der Waals surface area contributed by atoms with E-state index in [1.165, 1.54) is 0 Å². The summed E-state index contributed by atoms with van der Waals surface area (Å²) in [4.78, 5) is 22.4. The first-order chi connectivity index (χ1) is 8.88. The summed E-state index contributed by atoms with van der Waals surface area (Å²) in [5.74, 6) is 0.146. The van der Waals surface area contributed by atoms with Gasteiger partial charge in [-0.05, 0) is 36.6 Å². The van der Waals surface area contributed by atoms with Gasteiger partial charge in [-0.15, -0.1) is 12.4 Å². The molecule has 3 amide bonds. The molecule has 0 aromatic heterocycles. The van der Waals surface area contributed by atoms with Crippen LogP contribution in [0.1, 0.15) is 20.3 Å². The highest BCUT2D eigenvalue weighted by Gasteiger charge is 2.14. The first-order valence-electron chi connectivity index (χ1n) is 6.11. The quantitative estimate of drug-likeness (QED) is 0.666. The van der Waals surface area contributed by atoms with Gasteiger partial charge in [-0.3, -0.25) is 4.79 Å². The predicted octanol–water partition coefficient (Wildman–Crippen LogP) is 1.91. The fourth-order valence-corrected chi connectivity index (χ4v) is 1.63. The molecule has 1 aromatic rings. The Kier molecular flexibility index (Phi) is 7.64. The molecular weight excluding hydrogens is 280 g/mol. The van der Waals surface area contributed by atoms with Gasteiger partial charge in [-0.2, -0.15) is 0 Å². The maximum Gasteiger partial charge on any atom is 0.316 e. The van der Waals surface area contributed by atoms with Gasteiger partial charge in [0.1, 0.15) is 0 Å². The Balaban J connectivity index is 0.00000361. The van der Waals surface area contributed by atoms with Crippen molar-refractivity contribution in [1.29, 1.82) is 0 Å². The van der Waals surface area contributed by atoms with Gasteiger partial charge in [0.2, 0.25) is 5.91 Å². The molecule has 0 bridgehead atoms. The van der Waals surface area contributed by atoms with Gasteiger partial charge in [0.05, 0.1) is 6.04 Å². The highest BCUT2D eigenvalue weighted by atomic mass is 35.5. The maximum atomic E-state index is 11.8. The summed E-state index contributed by atoms with van der Waals surface area (Å²) in [6, 6.07) is 5.48. The third-order valence-corrected chi connectivity index (χ3v) is 2.48. The van der Waals surface area contributed by atoms with Crippen LogP contribution in [0.2, 0.25) is 0 Å². The van der Waals surface area contributed by atoms with Gasteiger partial charge in [0, 0.05) is 11.4 Å². The van der Waals surface area contributed by atoms with E-state index in [1.54, 1.807) is 24.3 Å². The van der Waals surface area contributed by atoms with Crippen LogP contribution in [0.4, 0.5) is 16.2 Å². The summed E-state index contributed by atoms with van der Waals surface area (Å²) in [5.41, 5.74) is 12.0. The van der Waals surface area contributed by atoms with Crippen LogP contribution in [0.25, 0.3) is 0 Å². The number of urea groups is 1. The van der Waals surface area contributed by atoms with Crippen molar-refractivity contribution in [2.75, 3.05) is 10.6 Å². The molecule has 6 nitrogen and oxygen atoms in total. The molecule has 0 saturated carbocycles. The number of rotatable bonds is 5. The summed E-state index contributed by atoms with van der Waals surface area (Å²) >= 11 is 0. The van der Waals surface area contributed by atoms with E-state index in [2.05, 4.69) is 10.6 Å². The van der Waals surface area contributed by atoms with Gasteiger partial charge in [0.15, 0.2) is 0 Å². The van der Waals surface area contributed by atoms with E-state index in [1.807, 2.05) is 13.8 Å². The van der Waals surface area contributed by atoms with Crippen LogP contribution in [-0.2, 0) is 4.79 Å². The number of benzene rings is 1. The van der Waals surface area contributed by atoms with Crippen LogP contribution in [0.5, 0.6) is 0 Å². The molecular formula is C13H21ClN4O2. The number of anilines is 2. The van der Waals surface area contributed by atoms with Crippen molar-refractivity contribution < 1.29 is 9.59 Å². The molecule has 0 saturated heterocycles. The standard InChI is InChI=1S/C13H20N4O2.ClH/c1-8(2)7-11(14)12(18)16-9-3-5-10(6-4-9)17-13(15)19;/h3-6,8,11H,7,14H2,1-2H3,(H,16,18)(H3,15,17,19);1H/t11-;/m0./s1. The van der Waals surface area contributed by atoms with Crippen molar-refractivity contribution >= 4 is 35.7 Å². The molecule has 1 rings (SSSR count). The van der Waals surface area contributed by atoms with E-state index < -0.39 is 12.1 Å². The van der Waals surface area contributed by atoms with Gasteiger partial charge >= 0.3 is 6.03 Å². The average molecular weight is 301 g/mol. The number of amides is 3. The van der Waals surface area contributed by atoms with Crippen LogP contribution in [0.15, 0.2) is 24.3 Å². The van der Waals surface area contributed by atoms with E-state index in [9.17, 15) is 9.59 Å². The van der Waals surface area contributed by atoms with E-state index in [-0.39, 0.29) is 18.3 Å². The molecule has 112 valence electrons. The summed E-state index contributed by atoms with van der Waals surface area (Å²) < 4.78 is 0. The number of carbonyl (C=O) groups is 2. The SMILES string of the molecule is CC(C)C[C@H](N)C(=O)Nc1ccc(NC(N)=O)cc1.Cl. The Morgan fingerprint density at radius 3 is 1.95 bits per heavy atom. The van der Waals surface area contributed by atoms with Crippen molar-refractivity contribution in [2.45, 2.75) is 26.3 Å². The monoisotopic (exact) mass is 300 g/mol. The minimum atomic E-state index is -0.629. The highest BCUT2D eigenvalue weighted by molar-refractivity contribution is 5.95. The second-order valence-corrected chi connectivity index (χ2v) is 4.79. The molecule has 0 spiro atoms. The van der Waals surface area contributed by atoms with Gasteiger partial charge in [-0.1, -0.05) is 13.8 Å². The Labute approximate surface area is 124 Å². The zero-order valence-electron chi connectivity index (χ0n) is 11.6. The number of carbonyl (C=O) groups excluding carboxylic acids is 2. The average Bonchev–Trinajstić information content (AvgIpc) is 2.30. The second-order valence-electron chi connectivity index (χ2n) is 4.79. The Morgan fingerprint density at radius 1 is 1.10 bits per heavy atom. The molecule has 20 heavy (non-hydrogen) atoms. The number of halogens is 1. The lowest BCUT2D eigenvalue weighted by molar-refractivity contribution is -0.117. The van der Waals surface area contributed by atoms with Gasteiger partial charge in [-0.25, -0.2) is 4.79 Å². The lowest BCUT2D eigenvalue weighted by Crippen LogP contribution is -2.36. The minimum absolute atomic E-state index is 0. The van der Waals surface area contributed by atoms with Crippen molar-refractivity contribution in [3.8, 4) is 0 Å². The molecule has 0 aliphatic rings. The molecule has 0 fully saturated rings. The summed E-state index contributed by atoms with van der Waals surface area (Å²) in [6.07, 6.45) is 0.632. The maximum absolute atomic E-state index is 11.8. The summed E-state index contributed by atoms with van der Waals surface area (Å²) in [6.45, 7) is 4.02. The van der Waals surface area contributed by atoms with Crippen LogP contribution >= 0.6 is 12.4 Å². The van der Waals surface area contributed by atoms with Gasteiger partial charge in [0.25, 0.3) is 0 Å².